The van der Waals surface area contributed by atoms with Crippen LogP contribution in [0.4, 0.5) is 4.79 Å². The summed E-state index contributed by atoms with van der Waals surface area (Å²) in [4.78, 5) is 35.2. The molecule has 0 aromatic carbocycles. The Bertz CT molecular complexity index is 402. The SMILES string of the molecule is COC(=O)[C@@H](C)[C@@H]1CCN(NC(=O)OC(C)(C)C)C1=O. The van der Waals surface area contributed by atoms with Crippen molar-refractivity contribution in [3.8, 4) is 0 Å². The van der Waals surface area contributed by atoms with E-state index in [1.165, 1.54) is 12.1 Å². The van der Waals surface area contributed by atoms with E-state index in [-0.39, 0.29) is 5.91 Å². The summed E-state index contributed by atoms with van der Waals surface area (Å²) >= 11 is 0. The molecule has 20 heavy (non-hydrogen) atoms. The van der Waals surface area contributed by atoms with Crippen LogP contribution in [-0.2, 0) is 19.1 Å². The number of nitrogens with zero attached hydrogens (tertiary/aromatic N) is 1. The number of carbonyl (C=O) groups excluding carboxylic acids is 3. The molecule has 0 radical (unpaired) electrons. The van der Waals surface area contributed by atoms with Crippen LogP contribution in [-0.4, -0.2) is 42.2 Å². The van der Waals surface area contributed by atoms with Crippen LogP contribution in [0, 0.1) is 11.8 Å². The van der Waals surface area contributed by atoms with Crippen molar-refractivity contribution in [1.82, 2.24) is 10.4 Å². The van der Waals surface area contributed by atoms with Gasteiger partial charge in [-0.15, -0.1) is 0 Å². The lowest BCUT2D eigenvalue weighted by molar-refractivity contribution is -0.150. The number of ether oxygens (including phenoxy) is 2. The number of amides is 2. The Labute approximate surface area is 118 Å². The molecule has 114 valence electrons. The van der Waals surface area contributed by atoms with Crippen molar-refractivity contribution in [3.63, 3.8) is 0 Å². The van der Waals surface area contributed by atoms with Crippen LogP contribution in [0.15, 0.2) is 0 Å². The maximum atomic E-state index is 12.1. The number of hydrazine groups is 1. The molecule has 2 amide bonds. The van der Waals surface area contributed by atoms with E-state index >= 15 is 0 Å². The largest absolute Gasteiger partial charge is 0.469 e. The van der Waals surface area contributed by atoms with Crippen LogP contribution in [0.5, 0.6) is 0 Å². The molecule has 7 nitrogen and oxygen atoms in total. The Balaban J connectivity index is 2.58. The van der Waals surface area contributed by atoms with E-state index in [1.54, 1.807) is 27.7 Å². The van der Waals surface area contributed by atoms with Gasteiger partial charge in [0.2, 0.25) is 5.91 Å². The molecule has 2 atom stereocenters. The highest BCUT2D eigenvalue weighted by atomic mass is 16.6. The van der Waals surface area contributed by atoms with Gasteiger partial charge in [0.25, 0.3) is 0 Å². The number of nitrogens with one attached hydrogen (secondary N) is 1. The summed E-state index contributed by atoms with van der Waals surface area (Å²) in [6.07, 6.45) is -0.192. The predicted molar refractivity (Wildman–Crippen MR) is 70.4 cm³/mol. The standard InChI is InChI=1S/C13H22N2O5/c1-8(11(17)19-5)9-6-7-15(10(9)16)14-12(18)20-13(2,3)4/h8-9H,6-7H2,1-5H3,(H,14,18)/t8-,9-/m0/s1. The van der Waals surface area contributed by atoms with Crippen molar-refractivity contribution >= 4 is 18.0 Å². The second kappa shape index (κ2) is 6.11. The molecule has 1 aliphatic heterocycles. The Kier molecular flexibility index (Phi) is 4.97. The molecule has 0 aromatic heterocycles. The monoisotopic (exact) mass is 286 g/mol. The number of methoxy groups -OCH3 is 1. The number of carbonyl (C=O) groups is 3. The second-order valence-corrected chi connectivity index (χ2v) is 5.81. The van der Waals surface area contributed by atoms with Gasteiger partial charge in [-0.3, -0.25) is 14.6 Å². The van der Waals surface area contributed by atoms with Crippen LogP contribution in [0.1, 0.15) is 34.1 Å². The number of hydrogen-bond acceptors (Lipinski definition) is 5. The Morgan fingerprint density at radius 3 is 2.50 bits per heavy atom. The lowest BCUT2D eigenvalue weighted by Crippen LogP contribution is -2.46. The smallest absolute Gasteiger partial charge is 0.426 e. The van der Waals surface area contributed by atoms with Crippen molar-refractivity contribution in [2.75, 3.05) is 13.7 Å². The van der Waals surface area contributed by atoms with Crippen molar-refractivity contribution < 1.29 is 23.9 Å². The molecule has 1 N–H and O–H groups in total. The minimum Gasteiger partial charge on any atom is -0.469 e. The molecule has 0 spiro atoms. The van der Waals surface area contributed by atoms with Gasteiger partial charge in [-0.25, -0.2) is 10.2 Å². The zero-order chi connectivity index (χ0) is 15.5. The van der Waals surface area contributed by atoms with Crippen molar-refractivity contribution in [1.29, 1.82) is 0 Å². The predicted octanol–water partition coefficient (Wildman–Crippen LogP) is 1.08. The number of esters is 1. The fraction of sp³-hybridized carbons (Fsp3) is 0.769. The molecule has 1 saturated heterocycles. The number of rotatable bonds is 3. The molecule has 0 unspecified atom stereocenters. The van der Waals surface area contributed by atoms with E-state index in [9.17, 15) is 14.4 Å². The quantitative estimate of drug-likeness (QED) is 0.785. The maximum absolute atomic E-state index is 12.1. The highest BCUT2D eigenvalue weighted by Gasteiger charge is 2.40. The molecule has 1 aliphatic rings. The molecule has 1 rings (SSSR count). The maximum Gasteiger partial charge on any atom is 0.426 e. The molecule has 1 heterocycles. The summed E-state index contributed by atoms with van der Waals surface area (Å²) in [5.74, 6) is -1.73. The van der Waals surface area contributed by atoms with E-state index in [1.807, 2.05) is 0 Å². The fourth-order valence-corrected chi connectivity index (χ4v) is 2.04. The number of hydrogen-bond donors (Lipinski definition) is 1. The molecule has 0 bridgehead atoms. The van der Waals surface area contributed by atoms with Crippen LogP contribution >= 0.6 is 0 Å². The van der Waals surface area contributed by atoms with Gasteiger partial charge in [0.1, 0.15) is 5.60 Å². The minimum atomic E-state index is -0.683. The van der Waals surface area contributed by atoms with E-state index in [0.29, 0.717) is 13.0 Å². The van der Waals surface area contributed by atoms with Gasteiger partial charge < -0.3 is 9.47 Å². The third kappa shape index (κ3) is 4.11. The van der Waals surface area contributed by atoms with Crippen LogP contribution in [0.25, 0.3) is 0 Å². The molecule has 1 fully saturated rings. The van der Waals surface area contributed by atoms with Crippen LogP contribution in [0.3, 0.4) is 0 Å². The molecule has 7 heteroatoms. The van der Waals surface area contributed by atoms with Crippen molar-refractivity contribution in [2.45, 2.75) is 39.7 Å². The van der Waals surface area contributed by atoms with Gasteiger partial charge >= 0.3 is 12.1 Å². The van der Waals surface area contributed by atoms with E-state index in [4.69, 9.17) is 4.74 Å². The first kappa shape index (κ1) is 16.3. The zero-order valence-electron chi connectivity index (χ0n) is 12.6. The first-order chi connectivity index (χ1) is 9.15. The average molecular weight is 286 g/mol. The lowest BCUT2D eigenvalue weighted by atomic mass is 9.93. The Hall–Kier alpha value is -1.79. The van der Waals surface area contributed by atoms with Gasteiger partial charge in [0.15, 0.2) is 0 Å². The summed E-state index contributed by atoms with van der Waals surface area (Å²) in [6.45, 7) is 7.21. The zero-order valence-corrected chi connectivity index (χ0v) is 12.6. The summed E-state index contributed by atoms with van der Waals surface area (Å²) in [5, 5.41) is 1.19. The first-order valence-electron chi connectivity index (χ1n) is 6.54. The Morgan fingerprint density at radius 2 is 2.00 bits per heavy atom. The topological polar surface area (TPSA) is 84.9 Å². The van der Waals surface area contributed by atoms with Gasteiger partial charge in [0, 0.05) is 6.54 Å². The first-order valence-corrected chi connectivity index (χ1v) is 6.54. The van der Waals surface area contributed by atoms with Crippen LogP contribution in [0.2, 0.25) is 0 Å². The van der Waals surface area contributed by atoms with Gasteiger partial charge in [-0.2, -0.15) is 0 Å². The van der Waals surface area contributed by atoms with Gasteiger partial charge in [-0.05, 0) is 27.2 Å². The second-order valence-electron chi connectivity index (χ2n) is 5.81. The highest BCUT2D eigenvalue weighted by molar-refractivity contribution is 5.87. The molecule has 0 aliphatic carbocycles. The summed E-state index contributed by atoms with van der Waals surface area (Å²) in [7, 11) is 1.29. The normalized spacial score (nSPS) is 20.6. The molecule has 0 saturated carbocycles. The summed E-state index contributed by atoms with van der Waals surface area (Å²) in [6, 6.07) is 0. The molecular formula is C13H22N2O5. The molecule has 0 aromatic rings. The van der Waals surface area contributed by atoms with E-state index in [2.05, 4.69) is 10.2 Å². The third-order valence-corrected chi connectivity index (χ3v) is 3.05. The average Bonchev–Trinajstić information content (AvgIpc) is 2.66. The highest BCUT2D eigenvalue weighted by Crippen LogP contribution is 2.25. The van der Waals surface area contributed by atoms with E-state index < -0.39 is 29.5 Å². The third-order valence-electron chi connectivity index (χ3n) is 3.05. The van der Waals surface area contributed by atoms with Gasteiger partial charge in [0.05, 0.1) is 18.9 Å². The fourth-order valence-electron chi connectivity index (χ4n) is 2.04. The Morgan fingerprint density at radius 1 is 1.40 bits per heavy atom. The van der Waals surface area contributed by atoms with E-state index in [0.717, 1.165) is 0 Å². The molecular weight excluding hydrogens is 264 g/mol. The van der Waals surface area contributed by atoms with Crippen LogP contribution < -0.4 is 5.43 Å². The minimum absolute atomic E-state index is 0.297. The van der Waals surface area contributed by atoms with Crippen molar-refractivity contribution in [2.24, 2.45) is 11.8 Å². The van der Waals surface area contributed by atoms with Crippen molar-refractivity contribution in [3.05, 3.63) is 0 Å². The van der Waals surface area contributed by atoms with Gasteiger partial charge in [-0.1, -0.05) is 6.92 Å². The lowest BCUT2D eigenvalue weighted by Gasteiger charge is -2.23. The summed E-state index contributed by atoms with van der Waals surface area (Å²) < 4.78 is 9.71. The summed E-state index contributed by atoms with van der Waals surface area (Å²) in [5.41, 5.74) is 1.76.